The predicted octanol–water partition coefficient (Wildman–Crippen LogP) is 3.24. The molecule has 2 aromatic heterocycles. The standard InChI is InChI=1S/C22H26N4O2/c1-28-17-10-8-15(9-11-17)20-13-21-23-19-7-3-2-6-18(19)22(26(21)24-20)25-12-4-5-16(27)14-25/h8-11,13,16,27H,2-7,12,14H2,1H3/t16-/m0/s1. The lowest BCUT2D eigenvalue weighted by Crippen LogP contribution is -2.40. The van der Waals surface area contributed by atoms with Gasteiger partial charge in [-0.25, -0.2) is 4.98 Å². The Morgan fingerprint density at radius 1 is 1.11 bits per heavy atom. The fourth-order valence-corrected chi connectivity index (χ4v) is 4.50. The first-order valence-electron chi connectivity index (χ1n) is 10.2. The minimum absolute atomic E-state index is 0.271. The van der Waals surface area contributed by atoms with E-state index in [1.807, 2.05) is 28.8 Å². The van der Waals surface area contributed by atoms with Crippen LogP contribution in [0.5, 0.6) is 5.75 Å². The fourth-order valence-electron chi connectivity index (χ4n) is 4.50. The summed E-state index contributed by atoms with van der Waals surface area (Å²) in [6.45, 7) is 1.63. The summed E-state index contributed by atoms with van der Waals surface area (Å²) < 4.78 is 7.27. The van der Waals surface area contributed by atoms with Gasteiger partial charge in [0.15, 0.2) is 5.65 Å². The molecule has 2 aliphatic rings. The van der Waals surface area contributed by atoms with Crippen LogP contribution in [0.3, 0.4) is 0 Å². The van der Waals surface area contributed by atoms with Gasteiger partial charge < -0.3 is 14.7 Å². The van der Waals surface area contributed by atoms with Crippen molar-refractivity contribution in [1.82, 2.24) is 14.6 Å². The maximum atomic E-state index is 10.3. The third-order valence-electron chi connectivity index (χ3n) is 5.93. The number of methoxy groups -OCH3 is 1. The summed E-state index contributed by atoms with van der Waals surface area (Å²) in [6.07, 6.45) is 6.06. The molecule has 3 aromatic rings. The van der Waals surface area contributed by atoms with Gasteiger partial charge >= 0.3 is 0 Å². The Balaban J connectivity index is 1.65. The molecule has 0 unspecified atom stereocenters. The van der Waals surface area contributed by atoms with Crippen LogP contribution in [0.2, 0.25) is 0 Å². The van der Waals surface area contributed by atoms with Crippen LogP contribution >= 0.6 is 0 Å². The van der Waals surface area contributed by atoms with E-state index in [0.29, 0.717) is 6.54 Å². The molecule has 1 aliphatic carbocycles. The smallest absolute Gasteiger partial charge is 0.158 e. The first kappa shape index (κ1) is 17.5. The first-order valence-corrected chi connectivity index (χ1v) is 10.2. The molecule has 1 N–H and O–H groups in total. The highest BCUT2D eigenvalue weighted by atomic mass is 16.5. The number of ether oxygens (including phenoxy) is 1. The quantitative estimate of drug-likeness (QED) is 0.758. The number of aryl methyl sites for hydroxylation is 1. The molecule has 0 bridgehead atoms. The van der Waals surface area contributed by atoms with Gasteiger partial charge in [0.05, 0.1) is 18.9 Å². The Morgan fingerprint density at radius 2 is 1.93 bits per heavy atom. The van der Waals surface area contributed by atoms with E-state index in [4.69, 9.17) is 14.8 Å². The molecule has 146 valence electrons. The molecule has 0 spiro atoms. The molecule has 6 nitrogen and oxygen atoms in total. The number of β-amino-alcohol motifs (C(OH)–C–C–N with tert-alkyl or cyclic N) is 1. The number of rotatable bonds is 3. The summed E-state index contributed by atoms with van der Waals surface area (Å²) in [5.74, 6) is 1.97. The van der Waals surface area contributed by atoms with Crippen LogP contribution in [0, 0.1) is 0 Å². The number of benzene rings is 1. The summed E-state index contributed by atoms with van der Waals surface area (Å²) in [5.41, 5.74) is 5.37. The molecule has 1 fully saturated rings. The monoisotopic (exact) mass is 378 g/mol. The summed E-state index contributed by atoms with van der Waals surface area (Å²) in [4.78, 5) is 7.27. The van der Waals surface area contributed by atoms with E-state index in [1.54, 1.807) is 7.11 Å². The Bertz CT molecular complexity index is 996. The van der Waals surface area contributed by atoms with Crippen LogP contribution in [-0.2, 0) is 12.8 Å². The van der Waals surface area contributed by atoms with Gasteiger partial charge in [-0.1, -0.05) is 0 Å². The lowest BCUT2D eigenvalue weighted by atomic mass is 9.95. The summed E-state index contributed by atoms with van der Waals surface area (Å²) >= 11 is 0. The van der Waals surface area contributed by atoms with Crippen LogP contribution in [0.4, 0.5) is 5.82 Å². The average Bonchev–Trinajstić information content (AvgIpc) is 3.15. The topological polar surface area (TPSA) is 62.9 Å². The lowest BCUT2D eigenvalue weighted by Gasteiger charge is -2.34. The zero-order valence-corrected chi connectivity index (χ0v) is 16.3. The maximum Gasteiger partial charge on any atom is 0.158 e. The van der Waals surface area contributed by atoms with Gasteiger partial charge in [0, 0.05) is 36.0 Å². The Labute approximate surface area is 164 Å². The second-order valence-electron chi connectivity index (χ2n) is 7.84. The van der Waals surface area contributed by atoms with E-state index in [0.717, 1.165) is 60.7 Å². The van der Waals surface area contributed by atoms with Gasteiger partial charge in [-0.3, -0.25) is 0 Å². The molecule has 1 atom stereocenters. The molecular weight excluding hydrogens is 352 g/mol. The highest BCUT2D eigenvalue weighted by Crippen LogP contribution is 2.33. The molecule has 5 rings (SSSR count). The van der Waals surface area contributed by atoms with Crippen LogP contribution in [0.15, 0.2) is 30.3 Å². The Morgan fingerprint density at radius 3 is 2.71 bits per heavy atom. The van der Waals surface area contributed by atoms with Crippen LogP contribution in [-0.4, -0.2) is 46.0 Å². The largest absolute Gasteiger partial charge is 0.497 e. The van der Waals surface area contributed by atoms with Crippen molar-refractivity contribution in [3.05, 3.63) is 41.6 Å². The lowest BCUT2D eigenvalue weighted by molar-refractivity contribution is 0.153. The van der Waals surface area contributed by atoms with Gasteiger partial charge in [-0.2, -0.15) is 9.61 Å². The number of fused-ring (bicyclic) bond motifs is 2. The van der Waals surface area contributed by atoms with Crippen molar-refractivity contribution >= 4 is 11.5 Å². The van der Waals surface area contributed by atoms with Crippen LogP contribution in [0.1, 0.15) is 36.9 Å². The molecule has 0 radical (unpaired) electrons. The van der Waals surface area contributed by atoms with Crippen molar-refractivity contribution in [3.8, 4) is 17.0 Å². The molecule has 1 saturated heterocycles. The van der Waals surface area contributed by atoms with E-state index < -0.39 is 0 Å². The fraction of sp³-hybridized carbons (Fsp3) is 0.455. The van der Waals surface area contributed by atoms with E-state index in [-0.39, 0.29) is 6.10 Å². The second kappa shape index (κ2) is 7.09. The number of aliphatic hydroxyl groups is 1. The number of nitrogens with zero attached hydrogens (tertiary/aromatic N) is 4. The van der Waals surface area contributed by atoms with E-state index >= 15 is 0 Å². The predicted molar refractivity (Wildman–Crippen MR) is 109 cm³/mol. The Hall–Kier alpha value is -2.60. The average molecular weight is 378 g/mol. The summed E-state index contributed by atoms with van der Waals surface area (Å²) in [5, 5.41) is 15.2. The van der Waals surface area contributed by atoms with Gasteiger partial charge in [-0.15, -0.1) is 0 Å². The number of aromatic nitrogens is 3. The van der Waals surface area contributed by atoms with Crippen molar-refractivity contribution in [2.45, 2.75) is 44.6 Å². The third-order valence-corrected chi connectivity index (χ3v) is 5.93. The van der Waals surface area contributed by atoms with Gasteiger partial charge in [-0.05, 0) is 62.8 Å². The van der Waals surface area contributed by atoms with E-state index in [2.05, 4.69) is 11.0 Å². The maximum absolute atomic E-state index is 10.3. The van der Waals surface area contributed by atoms with Crippen molar-refractivity contribution < 1.29 is 9.84 Å². The number of hydrogen-bond acceptors (Lipinski definition) is 5. The Kier molecular flexibility index (Phi) is 4.43. The summed E-state index contributed by atoms with van der Waals surface area (Å²) in [6, 6.07) is 10.1. The van der Waals surface area contributed by atoms with Crippen LogP contribution in [0.25, 0.3) is 16.9 Å². The van der Waals surface area contributed by atoms with E-state index in [9.17, 15) is 5.11 Å². The number of aliphatic hydroxyl groups excluding tert-OH is 1. The zero-order valence-electron chi connectivity index (χ0n) is 16.3. The van der Waals surface area contributed by atoms with Gasteiger partial charge in [0.2, 0.25) is 0 Å². The number of anilines is 1. The first-order chi connectivity index (χ1) is 13.7. The van der Waals surface area contributed by atoms with Crippen LogP contribution < -0.4 is 9.64 Å². The molecule has 3 heterocycles. The van der Waals surface area contributed by atoms with Crippen molar-refractivity contribution in [2.75, 3.05) is 25.1 Å². The second-order valence-corrected chi connectivity index (χ2v) is 7.84. The molecule has 1 aliphatic heterocycles. The minimum atomic E-state index is -0.271. The van der Waals surface area contributed by atoms with Crippen molar-refractivity contribution in [3.63, 3.8) is 0 Å². The zero-order chi connectivity index (χ0) is 19.1. The minimum Gasteiger partial charge on any atom is -0.497 e. The summed E-state index contributed by atoms with van der Waals surface area (Å²) in [7, 11) is 1.67. The molecule has 0 saturated carbocycles. The molecule has 0 amide bonds. The number of hydrogen-bond donors (Lipinski definition) is 1. The van der Waals surface area contributed by atoms with Gasteiger partial charge in [0.1, 0.15) is 11.6 Å². The molecular formula is C22H26N4O2. The normalized spacial score (nSPS) is 19.6. The van der Waals surface area contributed by atoms with E-state index in [1.165, 1.54) is 24.1 Å². The van der Waals surface area contributed by atoms with Gasteiger partial charge in [0.25, 0.3) is 0 Å². The SMILES string of the molecule is COc1ccc(-c2cc3nc4c(c(N5CCC[C@H](O)C5)n3n2)CCCC4)cc1. The molecule has 28 heavy (non-hydrogen) atoms. The highest BCUT2D eigenvalue weighted by Gasteiger charge is 2.27. The van der Waals surface area contributed by atoms with Crippen molar-refractivity contribution in [2.24, 2.45) is 0 Å². The molecule has 1 aromatic carbocycles. The number of piperidine rings is 1. The third kappa shape index (κ3) is 3.02. The highest BCUT2D eigenvalue weighted by molar-refractivity contribution is 5.68. The molecule has 6 heteroatoms. The van der Waals surface area contributed by atoms with Crippen molar-refractivity contribution in [1.29, 1.82) is 0 Å².